The molecule has 13 heterocycles. The second kappa shape index (κ2) is 43.2. The van der Waals surface area contributed by atoms with Gasteiger partial charge >= 0.3 is 0 Å². The lowest BCUT2D eigenvalue weighted by atomic mass is 9.94. The van der Waals surface area contributed by atoms with Gasteiger partial charge in [-0.2, -0.15) is 0 Å². The van der Waals surface area contributed by atoms with Crippen LogP contribution in [0.4, 0.5) is 17.3 Å². The van der Waals surface area contributed by atoms with E-state index < -0.39 is 0 Å². The summed E-state index contributed by atoms with van der Waals surface area (Å²) < 4.78 is 10.6. The van der Waals surface area contributed by atoms with Gasteiger partial charge in [0.25, 0.3) is 17.5 Å². The summed E-state index contributed by atoms with van der Waals surface area (Å²) in [6, 6.07) is 43.7. The predicted octanol–water partition coefficient (Wildman–Crippen LogP) is 10.9. The highest BCUT2D eigenvalue weighted by Gasteiger charge is 2.39. The van der Waals surface area contributed by atoms with Crippen LogP contribution in [0.25, 0.3) is 43.6 Å². The highest BCUT2D eigenvalue weighted by molar-refractivity contribution is 9.11. The topological polar surface area (TPSA) is 323 Å². The third kappa shape index (κ3) is 22.3. The Morgan fingerprint density at radius 3 is 1.61 bits per heavy atom. The van der Waals surface area contributed by atoms with Crippen molar-refractivity contribution in [3.63, 3.8) is 0 Å². The molecule has 0 bridgehead atoms. The van der Waals surface area contributed by atoms with E-state index in [9.17, 15) is 52.9 Å². The number of nitroso groups, excluding NO2 is 1. The smallest absolute Gasteiger partial charge is 0.278 e. The van der Waals surface area contributed by atoms with Gasteiger partial charge in [0.15, 0.2) is 11.6 Å². The molecule has 6 fully saturated rings. The van der Waals surface area contributed by atoms with Crippen molar-refractivity contribution >= 4 is 179 Å². The third-order valence-electron chi connectivity index (χ3n) is 25.9. The van der Waals surface area contributed by atoms with Crippen LogP contribution in [0.1, 0.15) is 67.3 Å². The highest BCUT2D eigenvalue weighted by atomic mass is 79.9. The molecule has 698 valence electrons. The van der Waals surface area contributed by atoms with Crippen LogP contribution in [0.3, 0.4) is 0 Å². The molecule has 18 rings (SSSR count). The first-order valence-electron chi connectivity index (χ1n) is 44.5. The number of rotatable bonds is 25. The van der Waals surface area contributed by atoms with Crippen LogP contribution in [-0.2, 0) is 84.0 Å². The quantitative estimate of drug-likeness (QED) is 0.0502. The normalized spacial score (nSPS) is 15.7. The predicted molar refractivity (Wildman–Crippen MR) is 528 cm³/mol. The van der Waals surface area contributed by atoms with E-state index in [1.165, 1.54) is 46.5 Å². The van der Waals surface area contributed by atoms with Crippen molar-refractivity contribution < 1.29 is 58.6 Å². The van der Waals surface area contributed by atoms with E-state index in [2.05, 4.69) is 151 Å². The zero-order chi connectivity index (χ0) is 94.2. The largest absolute Gasteiger partial charge is 0.412 e. The van der Waals surface area contributed by atoms with Gasteiger partial charge < -0.3 is 73.2 Å². The number of aryl methyl sites for hydroxylation is 2. The van der Waals surface area contributed by atoms with Gasteiger partial charge in [-0.1, -0.05) is 128 Å². The summed E-state index contributed by atoms with van der Waals surface area (Å²) in [6.07, 6.45) is 12.3. The molecule has 0 saturated carbocycles. The van der Waals surface area contributed by atoms with Gasteiger partial charge in [0, 0.05) is 247 Å². The van der Waals surface area contributed by atoms with Crippen molar-refractivity contribution in [2.24, 2.45) is 11.8 Å². The fourth-order valence-corrected chi connectivity index (χ4v) is 19.7. The van der Waals surface area contributed by atoms with E-state index in [0.717, 1.165) is 114 Å². The number of aromatic nitrogens is 6. The van der Waals surface area contributed by atoms with Crippen molar-refractivity contribution in [3.05, 3.63) is 271 Å². The minimum Gasteiger partial charge on any atom is -0.412 e. The van der Waals surface area contributed by atoms with E-state index in [-0.39, 0.29) is 114 Å². The number of halogens is 4. The van der Waals surface area contributed by atoms with Crippen LogP contribution in [0, 0.1) is 37.5 Å². The molecule has 5 aromatic carbocycles. The average Bonchev–Trinajstić information content (AvgIpc) is 1.61. The van der Waals surface area contributed by atoms with Crippen LogP contribution < -0.4 is 20.3 Å². The lowest BCUT2D eigenvalue weighted by Crippen LogP contribution is -2.61. The number of pyridine rings is 2. The van der Waals surface area contributed by atoms with Gasteiger partial charge in [-0.3, -0.25) is 52.8 Å². The number of hydrogen-bond acceptors (Lipinski definition) is 16. The maximum atomic E-state index is 13.9. The zero-order valence-electron chi connectivity index (χ0n) is 75.4. The molecule has 0 radical (unpaired) electrons. The first-order valence-corrected chi connectivity index (χ1v) is 47.3. The monoisotopic (exact) mass is 2030 g/mol. The number of carbonyl (C=O) groups excluding carboxylic acids is 10. The van der Waals surface area contributed by atoms with Crippen LogP contribution in [0.5, 0.6) is 0 Å². The number of ketones is 2. The number of fused-ring (bicyclic) bond motifs is 6. The van der Waals surface area contributed by atoms with Crippen LogP contribution in [-0.4, -0.2) is 262 Å². The number of amides is 8. The molecule has 8 amide bonds. The standard InChI is InChI=1S/C29H33BrN6O3.C28H30BrN5O3.C26H27BrN4O2.C17H16ClN3O3.H2O/c1-5-26(37)35-16-22(17-35)32(4)27(38)18-36-20(3)28(23-14-21(30)7-8-24(23)36)29(39)34-12-10-33(11-13-34)25-9-6-19(2)15-31-25;1-3-27(36)34-15-20(16-34)13-22(35)17-33-18-24(23-14-21(29)7-8-25(23)33)28(37)32-11-9-31(10-12-32)26-6-4-5-19(2)30-26;1-2-26(33)30-14-20(15-30)28-25(32)17-31-23-9-8-19(27)12-22(23)21-10-11-29(16-24(21)31)13-18-6-4-3-5-7-18;1-2-17(23)21-7-11(8-21)5-13(22)9-20-10-15(19-24)14-6-12(18)3-4-16(14)20;/h5-9,14-15,22H,1,10-13,16-18H2,2-4H3;3-8,14,18,20H,1,9-13,15-17H2,2H3;2-9,12,20H,1,10-11,13-17H2,(H,28,32);2-4,6,10-11H,1,5,7-9H2;1H2/p+1. The summed E-state index contributed by atoms with van der Waals surface area (Å²) in [5.41, 5.74) is 11.9. The minimum atomic E-state index is -0.121. The lowest BCUT2D eigenvalue weighted by Gasteiger charge is -2.43. The highest BCUT2D eigenvalue weighted by Crippen LogP contribution is 2.37. The summed E-state index contributed by atoms with van der Waals surface area (Å²) in [6.45, 7) is 33.1. The molecule has 0 atom stereocenters. The number of nitrogens with one attached hydrogen (secondary N) is 2. The fraction of sp³-hybridized carbons (Fsp3) is 0.340. The van der Waals surface area contributed by atoms with E-state index in [4.69, 9.17) is 11.6 Å². The minimum absolute atomic E-state index is 0. The number of likely N-dealkylation sites (N-methyl/N-ethyl adjacent to an activating group) is 1. The summed E-state index contributed by atoms with van der Waals surface area (Å²) in [7, 11) is 1.77. The molecule has 6 saturated heterocycles. The van der Waals surface area contributed by atoms with Gasteiger partial charge in [0.1, 0.15) is 24.7 Å². The lowest BCUT2D eigenvalue weighted by molar-refractivity contribution is -0.377. The Labute approximate surface area is 807 Å². The molecule has 0 spiro atoms. The van der Waals surface area contributed by atoms with Crippen molar-refractivity contribution in [1.29, 1.82) is 0 Å². The number of anilines is 2. The van der Waals surface area contributed by atoms with Crippen LogP contribution >= 0.6 is 59.4 Å². The molecule has 0 unspecified atom stereocenters. The first-order chi connectivity index (χ1) is 64.0. The zero-order valence-corrected chi connectivity index (χ0v) is 80.9. The molecule has 34 heteroatoms. The Kier molecular flexibility index (Phi) is 31.4. The maximum Gasteiger partial charge on any atom is 0.278 e. The van der Waals surface area contributed by atoms with E-state index in [1.807, 2.05) is 130 Å². The molecule has 6 aromatic heterocycles. The van der Waals surface area contributed by atoms with E-state index in [1.54, 1.807) is 60.5 Å². The Morgan fingerprint density at radius 2 is 1.04 bits per heavy atom. The Balaban J connectivity index is 0.000000145. The fourth-order valence-electron chi connectivity index (χ4n) is 18.5. The second-order valence-corrected chi connectivity index (χ2v) is 38.1. The molecule has 7 aliphatic rings. The van der Waals surface area contributed by atoms with Crippen LogP contribution in [0.2, 0.25) is 5.02 Å². The third-order valence-corrected chi connectivity index (χ3v) is 27.6. The maximum absolute atomic E-state index is 13.9. The van der Waals surface area contributed by atoms with Gasteiger partial charge in [-0.15, -0.1) is 0 Å². The number of nitrogens with zero attached hydrogens (tertiary/aromatic N) is 16. The number of benzene rings is 5. The SMILES string of the molecule is C=CC(=O)N1CC(CC(=O)Cn2cc(C(=O)N3CCN(c4cccc(C)n4)CC3)c3cc(Br)ccc32)C1.C=CC(=O)N1CC(CC(=O)Cn2cc([NH+]=O)c3cc(Cl)ccc32)C1.C=CC(=O)N1CC(N(C)C(=O)Cn2c(C)c(C(=O)N3CCN(c4ccc(C)cn4)CC3)c3cc(Br)ccc32)C1.C=CC(=O)N1CC(NC(=O)Cn2c3c(c4cc(Br)ccc42)CCN(Cc2ccccc2)C3)C1.O. The molecule has 0 aliphatic carbocycles. The van der Waals surface area contributed by atoms with Crippen molar-refractivity contribution in [3.8, 4) is 0 Å². The van der Waals surface area contributed by atoms with Gasteiger partial charge in [-0.05, 0) is 159 Å². The summed E-state index contributed by atoms with van der Waals surface area (Å²) >= 11 is 16.7. The first kappa shape index (κ1) is 97.5. The summed E-state index contributed by atoms with van der Waals surface area (Å²) in [4.78, 5) is 165. The molecule has 7 aliphatic heterocycles. The number of Topliss-reactive ketones (excluding diaryl/α,β-unsaturated/α-hetero) is 2. The number of hydrogen-bond donors (Lipinski definition) is 2. The number of likely N-dealkylation sites (tertiary alicyclic amines) is 4. The number of piperazine rings is 2. The molecule has 134 heavy (non-hydrogen) atoms. The van der Waals surface area contributed by atoms with E-state index in [0.29, 0.717) is 132 Å². The van der Waals surface area contributed by atoms with Gasteiger partial charge in [-0.25, -0.2) is 9.97 Å². The average molecular weight is 2030 g/mol. The van der Waals surface area contributed by atoms with Crippen molar-refractivity contribution in [2.45, 2.75) is 91.4 Å². The van der Waals surface area contributed by atoms with E-state index >= 15 is 0 Å². The Bertz CT molecular complexity index is 6370. The summed E-state index contributed by atoms with van der Waals surface area (Å²) in [5.74, 6) is 1.85. The van der Waals surface area contributed by atoms with Gasteiger partial charge in [0.05, 0.1) is 53.4 Å². The van der Waals surface area contributed by atoms with Gasteiger partial charge in [0.2, 0.25) is 35.4 Å². The number of carbonyl (C=O) groups is 10. The molecular formula is C100H109Br3ClN18O12+. The Morgan fingerprint density at radius 1 is 0.522 bits per heavy atom. The molecular weight excluding hydrogens is 1920 g/mol. The van der Waals surface area contributed by atoms with Crippen molar-refractivity contribution in [1.82, 2.24) is 72.8 Å². The van der Waals surface area contributed by atoms with Crippen molar-refractivity contribution in [2.75, 3.05) is 128 Å². The van der Waals surface area contributed by atoms with Crippen LogP contribution in [0.15, 0.2) is 216 Å². The summed E-state index contributed by atoms with van der Waals surface area (Å²) in [5, 5.41) is 9.08. The molecule has 11 aromatic rings. The Hall–Kier alpha value is -12.5. The molecule has 4 N–H and O–H groups in total. The molecule has 30 nitrogen and oxygen atoms in total. The second-order valence-electron chi connectivity index (χ2n) is 34.9.